The molecular formula is C15H21ClN2O2. The van der Waals surface area contributed by atoms with Gasteiger partial charge in [0, 0.05) is 18.8 Å². The molecule has 1 heterocycles. The molecule has 0 spiro atoms. The molecule has 1 saturated heterocycles. The molecule has 1 aliphatic heterocycles. The maximum absolute atomic E-state index is 11.8. The summed E-state index contributed by atoms with van der Waals surface area (Å²) in [6, 6.07) is 5.49. The van der Waals surface area contributed by atoms with Gasteiger partial charge in [-0.15, -0.1) is 0 Å². The molecule has 0 bridgehead atoms. The lowest BCUT2D eigenvalue weighted by Crippen LogP contribution is -2.27. The maximum Gasteiger partial charge on any atom is 0.412 e. The Morgan fingerprint density at radius 3 is 2.55 bits per heavy atom. The van der Waals surface area contributed by atoms with Crippen LogP contribution in [-0.4, -0.2) is 24.8 Å². The number of carbonyl (C=O) groups excluding carboxylic acids is 1. The van der Waals surface area contributed by atoms with E-state index in [1.54, 1.807) is 6.07 Å². The summed E-state index contributed by atoms with van der Waals surface area (Å²) in [6.45, 7) is 7.53. The van der Waals surface area contributed by atoms with Gasteiger partial charge in [0.1, 0.15) is 5.60 Å². The highest BCUT2D eigenvalue weighted by Crippen LogP contribution is 2.31. The minimum atomic E-state index is -0.506. The Morgan fingerprint density at radius 1 is 1.30 bits per heavy atom. The number of nitrogens with zero attached hydrogens (tertiary/aromatic N) is 1. The summed E-state index contributed by atoms with van der Waals surface area (Å²) in [4.78, 5) is 14.0. The van der Waals surface area contributed by atoms with E-state index in [9.17, 15) is 4.79 Å². The molecule has 1 aromatic rings. The van der Waals surface area contributed by atoms with E-state index in [0.29, 0.717) is 10.7 Å². The summed E-state index contributed by atoms with van der Waals surface area (Å²) < 4.78 is 5.24. The summed E-state index contributed by atoms with van der Waals surface area (Å²) >= 11 is 6.23. The van der Waals surface area contributed by atoms with Crippen molar-refractivity contribution in [2.75, 3.05) is 23.3 Å². The topological polar surface area (TPSA) is 41.6 Å². The van der Waals surface area contributed by atoms with Gasteiger partial charge in [0.25, 0.3) is 0 Å². The molecule has 0 radical (unpaired) electrons. The van der Waals surface area contributed by atoms with Crippen molar-refractivity contribution < 1.29 is 9.53 Å². The van der Waals surface area contributed by atoms with E-state index in [-0.39, 0.29) is 0 Å². The Bertz CT molecular complexity index is 491. The number of hydrogen-bond acceptors (Lipinski definition) is 3. The lowest BCUT2D eigenvalue weighted by atomic mass is 10.2. The Balaban J connectivity index is 2.09. The van der Waals surface area contributed by atoms with Gasteiger partial charge in [-0.25, -0.2) is 4.79 Å². The zero-order valence-corrected chi connectivity index (χ0v) is 13.0. The van der Waals surface area contributed by atoms with E-state index in [1.807, 2.05) is 32.9 Å². The highest BCUT2D eigenvalue weighted by molar-refractivity contribution is 6.33. The number of carbonyl (C=O) groups is 1. The summed E-state index contributed by atoms with van der Waals surface area (Å²) in [5.41, 5.74) is 1.16. The fraction of sp³-hybridized carbons (Fsp3) is 0.533. The van der Waals surface area contributed by atoms with Gasteiger partial charge in [0.05, 0.1) is 10.7 Å². The van der Waals surface area contributed by atoms with E-state index in [0.717, 1.165) is 18.8 Å². The first-order valence-electron chi connectivity index (χ1n) is 6.90. The third-order valence-electron chi connectivity index (χ3n) is 3.04. The summed E-state index contributed by atoms with van der Waals surface area (Å²) in [6.07, 6.45) is 1.91. The largest absolute Gasteiger partial charge is 0.444 e. The molecule has 1 N–H and O–H groups in total. The van der Waals surface area contributed by atoms with Crippen LogP contribution in [0.5, 0.6) is 0 Å². The van der Waals surface area contributed by atoms with Gasteiger partial charge in [0.15, 0.2) is 0 Å². The van der Waals surface area contributed by atoms with E-state index in [4.69, 9.17) is 16.3 Å². The second kappa shape index (κ2) is 5.92. The van der Waals surface area contributed by atoms with Crippen molar-refractivity contribution in [3.63, 3.8) is 0 Å². The number of amides is 1. The minimum absolute atomic E-state index is 0.452. The second-order valence-electron chi connectivity index (χ2n) is 5.99. The van der Waals surface area contributed by atoms with Gasteiger partial charge in [-0.1, -0.05) is 11.6 Å². The van der Waals surface area contributed by atoms with Gasteiger partial charge < -0.3 is 9.64 Å². The standard InChI is InChI=1S/C15H21ClN2O2/c1-15(2,3)20-14(19)17-11-6-7-12(16)13(10-11)18-8-4-5-9-18/h6-7,10H,4-5,8-9H2,1-3H3,(H,17,19). The van der Waals surface area contributed by atoms with Crippen LogP contribution in [0, 0.1) is 0 Å². The van der Waals surface area contributed by atoms with Gasteiger partial charge in [0.2, 0.25) is 0 Å². The SMILES string of the molecule is CC(C)(C)OC(=O)Nc1ccc(Cl)c(N2CCCC2)c1. The maximum atomic E-state index is 11.8. The van der Waals surface area contributed by atoms with E-state index in [2.05, 4.69) is 10.2 Å². The number of nitrogens with one attached hydrogen (secondary N) is 1. The molecular weight excluding hydrogens is 276 g/mol. The zero-order chi connectivity index (χ0) is 14.8. The first kappa shape index (κ1) is 15.0. The normalized spacial score (nSPS) is 15.3. The average Bonchev–Trinajstić information content (AvgIpc) is 2.82. The van der Waals surface area contributed by atoms with Crippen LogP contribution in [0.2, 0.25) is 5.02 Å². The molecule has 20 heavy (non-hydrogen) atoms. The molecule has 0 aliphatic carbocycles. The molecule has 5 heteroatoms. The predicted molar refractivity (Wildman–Crippen MR) is 82.8 cm³/mol. The second-order valence-corrected chi connectivity index (χ2v) is 6.39. The summed E-state index contributed by atoms with van der Waals surface area (Å²) in [7, 11) is 0. The molecule has 1 aliphatic rings. The van der Waals surface area contributed by atoms with Crippen LogP contribution in [0.15, 0.2) is 18.2 Å². The lowest BCUT2D eigenvalue weighted by Gasteiger charge is -2.22. The van der Waals surface area contributed by atoms with Crippen LogP contribution in [0.3, 0.4) is 0 Å². The highest BCUT2D eigenvalue weighted by atomic mass is 35.5. The third kappa shape index (κ3) is 4.04. The Morgan fingerprint density at radius 2 is 1.95 bits per heavy atom. The molecule has 1 fully saturated rings. The van der Waals surface area contributed by atoms with Crippen LogP contribution in [-0.2, 0) is 4.74 Å². The van der Waals surface area contributed by atoms with E-state index >= 15 is 0 Å². The molecule has 0 aromatic heterocycles. The first-order valence-corrected chi connectivity index (χ1v) is 7.27. The average molecular weight is 297 g/mol. The van der Waals surface area contributed by atoms with E-state index in [1.165, 1.54) is 12.8 Å². The monoisotopic (exact) mass is 296 g/mol. The third-order valence-corrected chi connectivity index (χ3v) is 3.36. The van der Waals surface area contributed by atoms with Gasteiger partial charge in [-0.3, -0.25) is 5.32 Å². The molecule has 1 aromatic carbocycles. The Labute approximate surface area is 125 Å². The van der Waals surface area contributed by atoms with Gasteiger partial charge in [-0.05, 0) is 51.8 Å². The van der Waals surface area contributed by atoms with Crippen molar-refractivity contribution in [1.29, 1.82) is 0 Å². The summed E-state index contributed by atoms with van der Waals surface area (Å²) in [5, 5.41) is 3.45. The van der Waals surface area contributed by atoms with Crippen molar-refractivity contribution in [2.45, 2.75) is 39.2 Å². The number of benzene rings is 1. The Hall–Kier alpha value is -1.42. The predicted octanol–water partition coefficient (Wildman–Crippen LogP) is 4.29. The summed E-state index contributed by atoms with van der Waals surface area (Å²) in [5.74, 6) is 0. The molecule has 4 nitrogen and oxygen atoms in total. The molecule has 0 unspecified atom stereocenters. The number of ether oxygens (including phenoxy) is 1. The fourth-order valence-corrected chi connectivity index (χ4v) is 2.45. The molecule has 110 valence electrons. The Kier molecular flexibility index (Phi) is 4.43. The van der Waals surface area contributed by atoms with Crippen LogP contribution in [0.1, 0.15) is 33.6 Å². The minimum Gasteiger partial charge on any atom is -0.444 e. The molecule has 0 atom stereocenters. The number of anilines is 2. The molecule has 1 amide bonds. The smallest absolute Gasteiger partial charge is 0.412 e. The van der Waals surface area contributed by atoms with Crippen LogP contribution in [0.25, 0.3) is 0 Å². The fourth-order valence-electron chi connectivity index (χ4n) is 2.21. The number of rotatable bonds is 2. The van der Waals surface area contributed by atoms with Crippen LogP contribution in [0.4, 0.5) is 16.2 Å². The first-order chi connectivity index (χ1) is 9.35. The molecule has 2 rings (SSSR count). The number of hydrogen-bond donors (Lipinski definition) is 1. The van der Waals surface area contributed by atoms with Crippen molar-refractivity contribution in [3.05, 3.63) is 23.2 Å². The van der Waals surface area contributed by atoms with Gasteiger partial charge in [-0.2, -0.15) is 0 Å². The highest BCUT2D eigenvalue weighted by Gasteiger charge is 2.18. The zero-order valence-electron chi connectivity index (χ0n) is 12.2. The number of halogens is 1. The molecule has 0 saturated carbocycles. The lowest BCUT2D eigenvalue weighted by molar-refractivity contribution is 0.0636. The van der Waals surface area contributed by atoms with Crippen molar-refractivity contribution in [2.24, 2.45) is 0 Å². The van der Waals surface area contributed by atoms with E-state index < -0.39 is 11.7 Å². The quantitative estimate of drug-likeness (QED) is 0.885. The van der Waals surface area contributed by atoms with Gasteiger partial charge >= 0.3 is 6.09 Å². The van der Waals surface area contributed by atoms with Crippen LogP contribution >= 0.6 is 11.6 Å². The van der Waals surface area contributed by atoms with Crippen molar-refractivity contribution >= 4 is 29.1 Å². The van der Waals surface area contributed by atoms with Crippen LogP contribution < -0.4 is 10.2 Å². The van der Waals surface area contributed by atoms with Crippen molar-refractivity contribution in [1.82, 2.24) is 0 Å². The van der Waals surface area contributed by atoms with Crippen molar-refractivity contribution in [3.8, 4) is 0 Å².